The molecule has 14 heavy (non-hydrogen) atoms. The molecule has 0 aromatic carbocycles. The summed E-state index contributed by atoms with van der Waals surface area (Å²) in [5.74, 6) is 0.536. The lowest BCUT2D eigenvalue weighted by Gasteiger charge is -2.03. The van der Waals surface area contributed by atoms with Gasteiger partial charge in [0.2, 0.25) is 0 Å². The Morgan fingerprint density at radius 1 is 1.29 bits per heavy atom. The second kappa shape index (κ2) is 3.14. The van der Waals surface area contributed by atoms with Crippen molar-refractivity contribution in [2.75, 3.05) is 5.73 Å². The van der Waals surface area contributed by atoms with Crippen molar-refractivity contribution in [1.82, 2.24) is 14.8 Å². The normalized spacial score (nSPS) is 10.4. The van der Waals surface area contributed by atoms with Gasteiger partial charge in [0, 0.05) is 18.8 Å². The summed E-state index contributed by atoms with van der Waals surface area (Å²) in [5, 5.41) is 4.17. The van der Waals surface area contributed by atoms with Crippen LogP contribution in [0.15, 0.2) is 24.5 Å². The van der Waals surface area contributed by atoms with E-state index in [9.17, 15) is 0 Å². The minimum absolute atomic E-state index is 0.536. The Morgan fingerprint density at radius 3 is 2.57 bits per heavy atom. The number of nitrogens with zero attached hydrogens (tertiary/aromatic N) is 3. The molecule has 0 aliphatic heterocycles. The zero-order chi connectivity index (χ0) is 10.1. The van der Waals surface area contributed by atoms with Crippen LogP contribution in [0.2, 0.25) is 0 Å². The summed E-state index contributed by atoms with van der Waals surface area (Å²) >= 11 is 0. The Bertz CT molecular complexity index is 422. The molecule has 2 aromatic rings. The fourth-order valence-electron chi connectivity index (χ4n) is 1.51. The highest BCUT2D eigenvalue weighted by molar-refractivity contribution is 5.62. The van der Waals surface area contributed by atoms with Gasteiger partial charge in [0.05, 0.1) is 11.9 Å². The van der Waals surface area contributed by atoms with Crippen LogP contribution in [0.1, 0.15) is 5.56 Å². The number of aryl methyl sites for hydroxylation is 2. The third-order valence-electron chi connectivity index (χ3n) is 2.18. The summed E-state index contributed by atoms with van der Waals surface area (Å²) in [6.07, 6.45) is 3.60. The van der Waals surface area contributed by atoms with Gasteiger partial charge in [-0.1, -0.05) is 0 Å². The van der Waals surface area contributed by atoms with Gasteiger partial charge in [0.15, 0.2) is 0 Å². The average molecular weight is 188 g/mol. The van der Waals surface area contributed by atoms with E-state index in [1.54, 1.807) is 12.3 Å². The first-order valence-corrected chi connectivity index (χ1v) is 4.39. The van der Waals surface area contributed by atoms with Crippen molar-refractivity contribution in [1.29, 1.82) is 0 Å². The number of pyridine rings is 1. The quantitative estimate of drug-likeness (QED) is 0.735. The van der Waals surface area contributed by atoms with Crippen LogP contribution in [-0.4, -0.2) is 14.8 Å². The molecule has 2 aromatic heterocycles. The molecule has 0 saturated heterocycles. The van der Waals surface area contributed by atoms with E-state index in [1.807, 2.05) is 30.9 Å². The number of nitrogen functional groups attached to an aromatic ring is 1. The Hall–Kier alpha value is -1.84. The summed E-state index contributed by atoms with van der Waals surface area (Å²) in [6.45, 7) is 2.03. The second-order valence-electron chi connectivity index (χ2n) is 3.27. The van der Waals surface area contributed by atoms with Gasteiger partial charge in [-0.2, -0.15) is 5.10 Å². The summed E-state index contributed by atoms with van der Waals surface area (Å²) in [4.78, 5) is 4.05. The van der Waals surface area contributed by atoms with E-state index in [2.05, 4.69) is 10.1 Å². The molecule has 0 fully saturated rings. The molecule has 0 atom stereocenters. The first-order valence-electron chi connectivity index (χ1n) is 4.39. The van der Waals surface area contributed by atoms with Crippen molar-refractivity contribution < 1.29 is 0 Å². The molecule has 0 aliphatic carbocycles. The van der Waals surface area contributed by atoms with Gasteiger partial charge < -0.3 is 5.73 Å². The summed E-state index contributed by atoms with van der Waals surface area (Å²) < 4.78 is 1.84. The van der Waals surface area contributed by atoms with Crippen LogP contribution < -0.4 is 5.73 Å². The van der Waals surface area contributed by atoms with Crippen LogP contribution in [0.3, 0.4) is 0 Å². The van der Waals surface area contributed by atoms with Gasteiger partial charge in [0.1, 0.15) is 5.82 Å². The number of anilines is 1. The average Bonchev–Trinajstić information content (AvgIpc) is 2.49. The number of aromatic nitrogens is 3. The van der Waals surface area contributed by atoms with Crippen LogP contribution >= 0.6 is 0 Å². The summed E-state index contributed by atoms with van der Waals surface area (Å²) in [5.41, 5.74) is 8.78. The minimum Gasteiger partial charge on any atom is -0.384 e. The lowest BCUT2D eigenvalue weighted by Crippen LogP contribution is -1.96. The maximum Gasteiger partial charge on any atom is 0.123 e. The SMILES string of the molecule is Cc1cnn(C)c1-c1ccc(N)nc1. The Kier molecular flexibility index (Phi) is 1.96. The van der Waals surface area contributed by atoms with E-state index in [0.29, 0.717) is 5.82 Å². The Balaban J connectivity index is 2.54. The molecule has 0 aliphatic rings. The fourth-order valence-corrected chi connectivity index (χ4v) is 1.51. The smallest absolute Gasteiger partial charge is 0.123 e. The molecular weight excluding hydrogens is 176 g/mol. The molecule has 2 N–H and O–H groups in total. The molecule has 72 valence electrons. The van der Waals surface area contributed by atoms with Gasteiger partial charge in [0.25, 0.3) is 0 Å². The van der Waals surface area contributed by atoms with E-state index in [4.69, 9.17) is 5.73 Å². The molecule has 0 amide bonds. The van der Waals surface area contributed by atoms with Crippen molar-refractivity contribution >= 4 is 5.82 Å². The summed E-state index contributed by atoms with van der Waals surface area (Å²) in [6, 6.07) is 3.74. The van der Waals surface area contributed by atoms with Crippen LogP contribution in [0.5, 0.6) is 0 Å². The molecule has 2 rings (SSSR count). The van der Waals surface area contributed by atoms with Crippen LogP contribution in [0.4, 0.5) is 5.82 Å². The fraction of sp³-hybridized carbons (Fsp3) is 0.200. The van der Waals surface area contributed by atoms with E-state index in [1.165, 1.54) is 0 Å². The van der Waals surface area contributed by atoms with E-state index >= 15 is 0 Å². The van der Waals surface area contributed by atoms with E-state index in [-0.39, 0.29) is 0 Å². The molecule has 0 unspecified atom stereocenters. The molecule has 0 bridgehead atoms. The van der Waals surface area contributed by atoms with E-state index in [0.717, 1.165) is 16.8 Å². The van der Waals surface area contributed by atoms with Crippen LogP contribution in [0, 0.1) is 6.92 Å². The van der Waals surface area contributed by atoms with Gasteiger partial charge in [-0.15, -0.1) is 0 Å². The molecule has 4 heteroatoms. The Labute approximate surface area is 82.4 Å². The molecule has 0 radical (unpaired) electrons. The molecule has 0 spiro atoms. The first-order chi connectivity index (χ1) is 6.68. The lowest BCUT2D eigenvalue weighted by atomic mass is 10.1. The monoisotopic (exact) mass is 188 g/mol. The third kappa shape index (κ3) is 1.35. The van der Waals surface area contributed by atoms with Gasteiger partial charge in [-0.05, 0) is 24.6 Å². The number of nitrogens with two attached hydrogens (primary N) is 1. The van der Waals surface area contributed by atoms with Gasteiger partial charge >= 0.3 is 0 Å². The number of hydrogen-bond acceptors (Lipinski definition) is 3. The van der Waals surface area contributed by atoms with Crippen molar-refractivity contribution in [2.24, 2.45) is 7.05 Å². The highest BCUT2D eigenvalue weighted by Crippen LogP contribution is 2.21. The van der Waals surface area contributed by atoms with Crippen molar-refractivity contribution in [3.8, 4) is 11.3 Å². The van der Waals surface area contributed by atoms with Gasteiger partial charge in [-0.3, -0.25) is 4.68 Å². The second-order valence-corrected chi connectivity index (χ2v) is 3.27. The highest BCUT2D eigenvalue weighted by Gasteiger charge is 2.06. The zero-order valence-electron chi connectivity index (χ0n) is 8.23. The maximum absolute atomic E-state index is 5.52. The van der Waals surface area contributed by atoms with E-state index < -0.39 is 0 Å². The third-order valence-corrected chi connectivity index (χ3v) is 2.18. The predicted octanol–water partition coefficient (Wildman–Crippen LogP) is 1.37. The van der Waals surface area contributed by atoms with Crippen LogP contribution in [-0.2, 0) is 7.05 Å². The zero-order valence-corrected chi connectivity index (χ0v) is 8.23. The minimum atomic E-state index is 0.536. The molecule has 2 heterocycles. The van der Waals surface area contributed by atoms with Gasteiger partial charge in [-0.25, -0.2) is 4.98 Å². The highest BCUT2D eigenvalue weighted by atomic mass is 15.3. The molecular formula is C10H12N4. The maximum atomic E-state index is 5.52. The Morgan fingerprint density at radius 2 is 2.07 bits per heavy atom. The number of hydrogen-bond donors (Lipinski definition) is 1. The standard InChI is InChI=1S/C10H12N4/c1-7-5-13-14(2)10(7)8-3-4-9(11)12-6-8/h3-6H,1-2H3,(H2,11,12). The first kappa shape index (κ1) is 8.74. The largest absolute Gasteiger partial charge is 0.384 e. The molecule has 0 saturated carbocycles. The van der Waals surface area contributed by atoms with Crippen molar-refractivity contribution in [3.05, 3.63) is 30.1 Å². The van der Waals surface area contributed by atoms with Crippen LogP contribution in [0.25, 0.3) is 11.3 Å². The molecule has 4 nitrogen and oxygen atoms in total. The van der Waals surface area contributed by atoms with Crippen molar-refractivity contribution in [3.63, 3.8) is 0 Å². The topological polar surface area (TPSA) is 56.7 Å². The van der Waals surface area contributed by atoms with Crippen molar-refractivity contribution in [2.45, 2.75) is 6.92 Å². The summed E-state index contributed by atoms with van der Waals surface area (Å²) in [7, 11) is 1.92. The predicted molar refractivity (Wildman–Crippen MR) is 55.6 cm³/mol. The number of rotatable bonds is 1. The lowest BCUT2D eigenvalue weighted by molar-refractivity contribution is 0.775.